The molecule has 3 aromatic carbocycles. The lowest BCUT2D eigenvalue weighted by Gasteiger charge is -2.38. The monoisotopic (exact) mass is 362 g/mol. The lowest BCUT2D eigenvalue weighted by atomic mass is 9.97. The second kappa shape index (κ2) is 6.35. The van der Waals surface area contributed by atoms with E-state index >= 15 is 0 Å². The summed E-state index contributed by atoms with van der Waals surface area (Å²) in [6, 6.07) is 25.0. The number of fused-ring (bicyclic) bond motifs is 5. The van der Waals surface area contributed by atoms with Crippen molar-refractivity contribution in [1.29, 1.82) is 0 Å². The van der Waals surface area contributed by atoms with Gasteiger partial charge in [0.25, 0.3) is 0 Å². The standard InChI is InChI=1S/C22H19ClN2O/c23-18-8-5-9-19(14-18)25-15-17-7-2-4-11-21(17)24-13-12-16-6-1-3-10-20(16)22(24)26-25/h1-11,14,22H,12-13,15H2. The number of hydrogen-bond donors (Lipinski definition) is 0. The minimum absolute atomic E-state index is 0.136. The zero-order valence-corrected chi connectivity index (χ0v) is 15.1. The van der Waals surface area contributed by atoms with Crippen molar-refractivity contribution in [1.82, 2.24) is 0 Å². The smallest absolute Gasteiger partial charge is 0.183 e. The third-order valence-corrected chi connectivity index (χ3v) is 5.40. The summed E-state index contributed by atoms with van der Waals surface area (Å²) < 4.78 is 0. The topological polar surface area (TPSA) is 15.7 Å². The maximum Gasteiger partial charge on any atom is 0.183 e. The molecule has 3 nitrogen and oxygen atoms in total. The van der Waals surface area contributed by atoms with Gasteiger partial charge in [0.1, 0.15) is 0 Å². The fraction of sp³-hybridized carbons (Fsp3) is 0.182. The Balaban J connectivity index is 1.64. The summed E-state index contributed by atoms with van der Waals surface area (Å²) in [7, 11) is 0. The van der Waals surface area contributed by atoms with Crippen LogP contribution >= 0.6 is 11.6 Å². The summed E-state index contributed by atoms with van der Waals surface area (Å²) in [6.45, 7) is 1.63. The van der Waals surface area contributed by atoms with Crippen LogP contribution in [0, 0.1) is 0 Å². The molecule has 3 aromatic rings. The lowest BCUT2D eigenvalue weighted by Crippen LogP contribution is -2.38. The van der Waals surface area contributed by atoms with Gasteiger partial charge in [0.05, 0.1) is 12.2 Å². The number of anilines is 2. The van der Waals surface area contributed by atoms with Gasteiger partial charge in [-0.25, -0.2) is 9.90 Å². The number of rotatable bonds is 1. The number of hydrogen-bond acceptors (Lipinski definition) is 3. The molecule has 2 aliphatic rings. The molecular formula is C22H19ClN2O. The van der Waals surface area contributed by atoms with Crippen LogP contribution in [0.2, 0.25) is 5.02 Å². The molecule has 0 saturated heterocycles. The highest BCUT2D eigenvalue weighted by atomic mass is 35.5. The summed E-state index contributed by atoms with van der Waals surface area (Å²) in [4.78, 5) is 8.94. The van der Waals surface area contributed by atoms with Crippen LogP contribution in [0.4, 0.5) is 11.4 Å². The Hall–Kier alpha value is -2.49. The van der Waals surface area contributed by atoms with Gasteiger partial charge in [-0.1, -0.05) is 60.1 Å². The lowest BCUT2D eigenvalue weighted by molar-refractivity contribution is 0.0272. The van der Waals surface area contributed by atoms with Crippen LogP contribution in [0.3, 0.4) is 0 Å². The molecule has 0 aliphatic carbocycles. The number of para-hydroxylation sites is 1. The summed E-state index contributed by atoms with van der Waals surface area (Å²) >= 11 is 6.23. The van der Waals surface area contributed by atoms with Gasteiger partial charge < -0.3 is 4.90 Å². The Morgan fingerprint density at radius 3 is 2.58 bits per heavy atom. The van der Waals surface area contributed by atoms with E-state index in [0.29, 0.717) is 11.6 Å². The molecular weight excluding hydrogens is 344 g/mol. The molecule has 26 heavy (non-hydrogen) atoms. The fourth-order valence-electron chi connectivity index (χ4n) is 3.91. The van der Waals surface area contributed by atoms with E-state index in [2.05, 4.69) is 53.4 Å². The number of nitrogens with zero attached hydrogens (tertiary/aromatic N) is 2. The van der Waals surface area contributed by atoms with E-state index in [9.17, 15) is 0 Å². The van der Waals surface area contributed by atoms with Gasteiger partial charge in [-0.05, 0) is 41.8 Å². The Morgan fingerprint density at radius 2 is 1.69 bits per heavy atom. The van der Waals surface area contributed by atoms with Gasteiger partial charge in [0.15, 0.2) is 6.23 Å². The molecule has 0 fully saturated rings. The summed E-state index contributed by atoms with van der Waals surface area (Å²) in [6.07, 6.45) is 0.893. The predicted octanol–water partition coefficient (Wildman–Crippen LogP) is 5.35. The van der Waals surface area contributed by atoms with E-state index in [0.717, 1.165) is 18.7 Å². The zero-order valence-electron chi connectivity index (χ0n) is 14.3. The van der Waals surface area contributed by atoms with Crippen LogP contribution in [-0.4, -0.2) is 6.54 Å². The summed E-state index contributed by atoms with van der Waals surface area (Å²) in [5.41, 5.74) is 6.07. The number of benzene rings is 3. The quantitative estimate of drug-likeness (QED) is 0.580. The second-order valence-electron chi connectivity index (χ2n) is 6.75. The van der Waals surface area contributed by atoms with E-state index in [1.165, 1.54) is 22.4 Å². The van der Waals surface area contributed by atoms with Gasteiger partial charge in [0, 0.05) is 22.8 Å². The first-order valence-electron chi connectivity index (χ1n) is 8.92. The van der Waals surface area contributed by atoms with Gasteiger partial charge in [-0.3, -0.25) is 0 Å². The summed E-state index contributed by atoms with van der Waals surface area (Å²) in [5.74, 6) is 0. The molecule has 2 aliphatic heterocycles. The second-order valence-corrected chi connectivity index (χ2v) is 7.18. The Labute approximate surface area is 158 Å². The average molecular weight is 363 g/mol. The highest BCUT2D eigenvalue weighted by molar-refractivity contribution is 6.30. The maximum atomic E-state index is 6.57. The van der Waals surface area contributed by atoms with Crippen LogP contribution in [0.1, 0.15) is 22.9 Å². The van der Waals surface area contributed by atoms with Crippen molar-refractivity contribution in [3.63, 3.8) is 0 Å². The molecule has 0 spiro atoms. The van der Waals surface area contributed by atoms with Crippen LogP contribution in [0.5, 0.6) is 0 Å². The minimum Gasteiger partial charge on any atom is -0.340 e. The normalized spacial score (nSPS) is 18.6. The Kier molecular flexibility index (Phi) is 3.84. The fourth-order valence-corrected chi connectivity index (χ4v) is 4.09. The minimum atomic E-state index is -0.136. The van der Waals surface area contributed by atoms with E-state index in [-0.39, 0.29) is 6.23 Å². The molecule has 2 heterocycles. The maximum absolute atomic E-state index is 6.57. The highest BCUT2D eigenvalue weighted by Crippen LogP contribution is 2.41. The van der Waals surface area contributed by atoms with E-state index in [4.69, 9.17) is 16.4 Å². The largest absolute Gasteiger partial charge is 0.340 e. The Bertz CT molecular complexity index is 958. The predicted molar refractivity (Wildman–Crippen MR) is 105 cm³/mol. The number of hydroxylamine groups is 1. The molecule has 0 amide bonds. The summed E-state index contributed by atoms with van der Waals surface area (Å²) in [5, 5.41) is 2.68. The van der Waals surface area contributed by atoms with Crippen LogP contribution in [-0.2, 0) is 17.8 Å². The molecule has 0 bridgehead atoms. The van der Waals surface area contributed by atoms with Gasteiger partial charge >= 0.3 is 0 Å². The SMILES string of the molecule is Clc1cccc(N2Cc3ccccc3N3CCc4ccccc4C3O2)c1. The molecule has 0 N–H and O–H groups in total. The molecule has 130 valence electrons. The van der Waals surface area contributed by atoms with E-state index in [1.807, 2.05) is 29.3 Å². The van der Waals surface area contributed by atoms with Crippen molar-refractivity contribution in [2.24, 2.45) is 0 Å². The molecule has 1 unspecified atom stereocenters. The molecule has 5 rings (SSSR count). The third kappa shape index (κ3) is 2.64. The van der Waals surface area contributed by atoms with Crippen molar-refractivity contribution in [3.8, 4) is 0 Å². The van der Waals surface area contributed by atoms with Gasteiger partial charge in [-0.2, -0.15) is 0 Å². The Morgan fingerprint density at radius 1 is 0.885 bits per heavy atom. The van der Waals surface area contributed by atoms with Gasteiger partial charge in [-0.15, -0.1) is 0 Å². The first-order chi connectivity index (χ1) is 12.8. The third-order valence-electron chi connectivity index (χ3n) is 5.16. The van der Waals surface area contributed by atoms with E-state index < -0.39 is 0 Å². The number of halogens is 1. The van der Waals surface area contributed by atoms with Crippen LogP contribution in [0.15, 0.2) is 72.8 Å². The first kappa shape index (κ1) is 15.7. The van der Waals surface area contributed by atoms with Crippen LogP contribution < -0.4 is 9.96 Å². The van der Waals surface area contributed by atoms with Crippen molar-refractivity contribution in [2.45, 2.75) is 19.2 Å². The van der Waals surface area contributed by atoms with Crippen molar-refractivity contribution in [2.75, 3.05) is 16.5 Å². The molecule has 0 radical (unpaired) electrons. The first-order valence-corrected chi connectivity index (χ1v) is 9.29. The average Bonchev–Trinajstić information content (AvgIpc) is 2.85. The van der Waals surface area contributed by atoms with Crippen LogP contribution in [0.25, 0.3) is 0 Å². The van der Waals surface area contributed by atoms with Gasteiger partial charge in [0.2, 0.25) is 0 Å². The molecule has 4 heteroatoms. The zero-order chi connectivity index (χ0) is 17.5. The van der Waals surface area contributed by atoms with Crippen molar-refractivity contribution >= 4 is 23.0 Å². The highest BCUT2D eigenvalue weighted by Gasteiger charge is 2.34. The molecule has 0 saturated carbocycles. The molecule has 1 atom stereocenters. The van der Waals surface area contributed by atoms with Crippen molar-refractivity contribution in [3.05, 3.63) is 94.5 Å². The van der Waals surface area contributed by atoms with Crippen molar-refractivity contribution < 1.29 is 4.84 Å². The molecule has 0 aromatic heterocycles. The van der Waals surface area contributed by atoms with E-state index in [1.54, 1.807) is 0 Å².